The molecule has 0 spiro atoms. The molecule has 1 aromatic carbocycles. The molecule has 1 fully saturated rings. The Labute approximate surface area is 120 Å². The minimum absolute atomic E-state index is 0.439. The second-order valence-corrected chi connectivity index (χ2v) is 5.61. The summed E-state index contributed by atoms with van der Waals surface area (Å²) in [6, 6.07) is 9.03. The highest BCUT2D eigenvalue weighted by atomic mass is 35.5. The van der Waals surface area contributed by atoms with E-state index in [9.17, 15) is 0 Å². The minimum atomic E-state index is 0.439. The van der Waals surface area contributed by atoms with E-state index in [1.165, 1.54) is 5.56 Å². The molecule has 4 heteroatoms. The summed E-state index contributed by atoms with van der Waals surface area (Å²) in [5, 5.41) is 7.66. The standard InChI is InChI=1S/C15H22ClN3/c1-4-10(2)18-15(17-3)19-14-9-13(14)11-6-5-7-12(16)8-11/h5-8,10,13-14H,4,9H2,1-3H3,(H2,17,18,19). The fraction of sp³-hybridized carbons (Fsp3) is 0.533. The van der Waals surface area contributed by atoms with Crippen LogP contribution in [0.2, 0.25) is 5.02 Å². The number of guanidine groups is 1. The van der Waals surface area contributed by atoms with Gasteiger partial charge < -0.3 is 10.6 Å². The molecule has 0 bridgehead atoms. The van der Waals surface area contributed by atoms with Gasteiger partial charge >= 0.3 is 0 Å². The Balaban J connectivity index is 1.89. The predicted octanol–water partition coefficient (Wildman–Crippen LogP) is 3.16. The van der Waals surface area contributed by atoms with Crippen molar-refractivity contribution in [2.75, 3.05) is 7.05 Å². The van der Waals surface area contributed by atoms with Crippen LogP contribution in [0.25, 0.3) is 0 Å². The molecule has 0 heterocycles. The molecule has 0 aromatic heterocycles. The number of aliphatic imine (C=N–C) groups is 1. The van der Waals surface area contributed by atoms with Gasteiger partial charge in [0.15, 0.2) is 5.96 Å². The first-order chi connectivity index (χ1) is 9.13. The second-order valence-electron chi connectivity index (χ2n) is 5.17. The number of nitrogens with zero attached hydrogens (tertiary/aromatic N) is 1. The van der Waals surface area contributed by atoms with Crippen molar-refractivity contribution in [2.45, 2.75) is 44.7 Å². The third-order valence-electron chi connectivity index (χ3n) is 3.61. The van der Waals surface area contributed by atoms with Gasteiger partial charge in [-0.3, -0.25) is 4.99 Å². The number of nitrogens with one attached hydrogen (secondary N) is 2. The molecule has 1 saturated carbocycles. The van der Waals surface area contributed by atoms with E-state index < -0.39 is 0 Å². The maximum atomic E-state index is 6.03. The van der Waals surface area contributed by atoms with Crippen LogP contribution >= 0.6 is 11.6 Å². The lowest BCUT2D eigenvalue weighted by atomic mass is 10.1. The van der Waals surface area contributed by atoms with Crippen molar-refractivity contribution in [3.8, 4) is 0 Å². The molecule has 1 aliphatic carbocycles. The van der Waals surface area contributed by atoms with Gasteiger partial charge in [0.05, 0.1) is 0 Å². The summed E-state index contributed by atoms with van der Waals surface area (Å²) in [6.45, 7) is 4.32. The van der Waals surface area contributed by atoms with Gasteiger partial charge in [0.1, 0.15) is 0 Å². The molecule has 19 heavy (non-hydrogen) atoms. The first-order valence-corrected chi connectivity index (χ1v) is 7.27. The Bertz CT molecular complexity index is 458. The van der Waals surface area contributed by atoms with Crippen LogP contribution in [0.15, 0.2) is 29.3 Å². The van der Waals surface area contributed by atoms with E-state index >= 15 is 0 Å². The smallest absolute Gasteiger partial charge is 0.191 e. The number of hydrogen-bond donors (Lipinski definition) is 2. The van der Waals surface area contributed by atoms with Crippen molar-refractivity contribution in [1.29, 1.82) is 0 Å². The first-order valence-electron chi connectivity index (χ1n) is 6.89. The van der Waals surface area contributed by atoms with Crippen LogP contribution in [0.5, 0.6) is 0 Å². The van der Waals surface area contributed by atoms with Crippen molar-refractivity contribution in [1.82, 2.24) is 10.6 Å². The van der Waals surface area contributed by atoms with Gasteiger partial charge in [-0.15, -0.1) is 0 Å². The van der Waals surface area contributed by atoms with Gasteiger partial charge in [-0.2, -0.15) is 0 Å². The molecule has 2 rings (SSSR count). The van der Waals surface area contributed by atoms with Gasteiger partial charge in [0, 0.05) is 30.1 Å². The lowest BCUT2D eigenvalue weighted by molar-refractivity contribution is 0.622. The van der Waals surface area contributed by atoms with Crippen molar-refractivity contribution in [3.05, 3.63) is 34.9 Å². The van der Waals surface area contributed by atoms with Crippen LogP contribution in [0.3, 0.4) is 0 Å². The van der Waals surface area contributed by atoms with E-state index in [2.05, 4.69) is 41.6 Å². The van der Waals surface area contributed by atoms with E-state index in [1.54, 1.807) is 0 Å². The maximum absolute atomic E-state index is 6.03. The highest BCUT2D eigenvalue weighted by molar-refractivity contribution is 6.30. The summed E-state index contributed by atoms with van der Waals surface area (Å²) in [6.07, 6.45) is 2.23. The molecular formula is C15H22ClN3. The van der Waals surface area contributed by atoms with E-state index in [0.29, 0.717) is 18.0 Å². The van der Waals surface area contributed by atoms with Gasteiger partial charge in [0.25, 0.3) is 0 Å². The van der Waals surface area contributed by atoms with E-state index in [1.807, 2.05) is 19.2 Å². The summed E-state index contributed by atoms with van der Waals surface area (Å²) < 4.78 is 0. The zero-order valence-corrected chi connectivity index (χ0v) is 12.5. The normalized spacial score (nSPS) is 23.9. The molecule has 3 unspecified atom stereocenters. The SMILES string of the molecule is CCC(C)NC(=NC)NC1CC1c1cccc(Cl)c1. The van der Waals surface area contributed by atoms with Crippen molar-refractivity contribution in [3.63, 3.8) is 0 Å². The van der Waals surface area contributed by atoms with Crippen LogP contribution in [-0.4, -0.2) is 25.1 Å². The zero-order valence-electron chi connectivity index (χ0n) is 11.8. The Morgan fingerprint density at radius 3 is 2.95 bits per heavy atom. The van der Waals surface area contributed by atoms with Gasteiger partial charge in [-0.05, 0) is 37.5 Å². The van der Waals surface area contributed by atoms with Gasteiger partial charge in [-0.1, -0.05) is 30.7 Å². The molecule has 0 aliphatic heterocycles. The molecule has 0 amide bonds. The number of halogens is 1. The average molecular weight is 280 g/mol. The molecule has 1 aromatic rings. The fourth-order valence-electron chi connectivity index (χ4n) is 2.14. The van der Waals surface area contributed by atoms with Crippen LogP contribution in [0.1, 0.15) is 38.2 Å². The fourth-order valence-corrected chi connectivity index (χ4v) is 2.34. The quantitative estimate of drug-likeness (QED) is 0.656. The molecule has 0 saturated heterocycles. The van der Waals surface area contributed by atoms with E-state index in [-0.39, 0.29) is 0 Å². The molecule has 2 N–H and O–H groups in total. The molecule has 3 atom stereocenters. The third kappa shape index (κ3) is 3.87. The summed E-state index contributed by atoms with van der Waals surface area (Å²) in [5.41, 5.74) is 1.31. The molecule has 0 radical (unpaired) electrons. The maximum Gasteiger partial charge on any atom is 0.191 e. The zero-order chi connectivity index (χ0) is 13.8. The lowest BCUT2D eigenvalue weighted by Gasteiger charge is -2.16. The Kier molecular flexibility index (Phi) is 4.70. The third-order valence-corrected chi connectivity index (χ3v) is 3.84. The number of hydrogen-bond acceptors (Lipinski definition) is 1. The Morgan fingerprint density at radius 1 is 1.53 bits per heavy atom. The molecule has 1 aliphatic rings. The first kappa shape index (κ1) is 14.2. The Morgan fingerprint density at radius 2 is 2.32 bits per heavy atom. The highest BCUT2D eigenvalue weighted by Gasteiger charge is 2.39. The molecular weight excluding hydrogens is 258 g/mol. The van der Waals surface area contributed by atoms with Crippen LogP contribution in [0, 0.1) is 0 Å². The van der Waals surface area contributed by atoms with Crippen LogP contribution in [0.4, 0.5) is 0 Å². The summed E-state index contributed by atoms with van der Waals surface area (Å²) in [5.74, 6) is 1.44. The second kappa shape index (κ2) is 6.29. The number of benzene rings is 1. The molecule has 104 valence electrons. The van der Waals surface area contributed by atoms with Gasteiger partial charge in [-0.25, -0.2) is 0 Å². The summed E-state index contributed by atoms with van der Waals surface area (Å²) in [7, 11) is 1.81. The summed E-state index contributed by atoms with van der Waals surface area (Å²) in [4.78, 5) is 4.27. The largest absolute Gasteiger partial charge is 0.354 e. The van der Waals surface area contributed by atoms with E-state index in [4.69, 9.17) is 11.6 Å². The van der Waals surface area contributed by atoms with Crippen LogP contribution in [-0.2, 0) is 0 Å². The monoisotopic (exact) mass is 279 g/mol. The van der Waals surface area contributed by atoms with Crippen molar-refractivity contribution in [2.24, 2.45) is 4.99 Å². The summed E-state index contributed by atoms with van der Waals surface area (Å²) >= 11 is 6.03. The van der Waals surface area contributed by atoms with E-state index in [0.717, 1.165) is 23.8 Å². The minimum Gasteiger partial charge on any atom is -0.354 e. The van der Waals surface area contributed by atoms with Gasteiger partial charge in [0.2, 0.25) is 0 Å². The molecule has 3 nitrogen and oxygen atoms in total. The lowest BCUT2D eigenvalue weighted by Crippen LogP contribution is -2.43. The van der Waals surface area contributed by atoms with Crippen molar-refractivity contribution < 1.29 is 0 Å². The van der Waals surface area contributed by atoms with Crippen LogP contribution < -0.4 is 10.6 Å². The number of rotatable bonds is 4. The average Bonchev–Trinajstić information content (AvgIpc) is 3.17. The van der Waals surface area contributed by atoms with Crippen molar-refractivity contribution >= 4 is 17.6 Å². The topological polar surface area (TPSA) is 36.4 Å². The Hall–Kier alpha value is -1.22. The predicted molar refractivity (Wildman–Crippen MR) is 82.0 cm³/mol. The highest BCUT2D eigenvalue weighted by Crippen LogP contribution is 2.41.